The lowest BCUT2D eigenvalue weighted by Crippen LogP contribution is -2.52. The van der Waals surface area contributed by atoms with Gasteiger partial charge in [-0.1, -0.05) is 44.2 Å². The number of benzene rings is 1. The summed E-state index contributed by atoms with van der Waals surface area (Å²) < 4.78 is 0. The first-order chi connectivity index (χ1) is 9.09. The molecule has 1 aromatic rings. The third-order valence-electron chi connectivity index (χ3n) is 4.11. The van der Waals surface area contributed by atoms with Crippen molar-refractivity contribution in [2.24, 2.45) is 5.92 Å². The molecule has 2 rings (SSSR count). The summed E-state index contributed by atoms with van der Waals surface area (Å²) in [4.78, 5) is 4.80. The molecule has 1 aromatic carbocycles. The van der Waals surface area contributed by atoms with Crippen molar-refractivity contribution in [1.82, 2.24) is 9.80 Å². The van der Waals surface area contributed by atoms with Crippen LogP contribution in [0.4, 0.5) is 0 Å². The molecule has 1 aliphatic heterocycles. The molecular weight excluding hydrogens is 236 g/mol. The van der Waals surface area contributed by atoms with Crippen molar-refractivity contribution in [1.29, 1.82) is 0 Å². The van der Waals surface area contributed by atoms with E-state index in [0.717, 1.165) is 31.7 Å². The number of nitrogens with zero attached hydrogens (tertiary/aromatic N) is 2. The van der Waals surface area contributed by atoms with E-state index < -0.39 is 6.10 Å². The van der Waals surface area contributed by atoms with Crippen LogP contribution in [0, 0.1) is 5.92 Å². The minimum Gasteiger partial charge on any atom is -0.387 e. The van der Waals surface area contributed by atoms with Crippen molar-refractivity contribution < 1.29 is 5.11 Å². The molecule has 3 heteroatoms. The van der Waals surface area contributed by atoms with E-state index in [-0.39, 0.29) is 6.04 Å². The highest BCUT2D eigenvalue weighted by Crippen LogP contribution is 2.27. The van der Waals surface area contributed by atoms with Crippen molar-refractivity contribution in [2.45, 2.75) is 26.0 Å². The maximum absolute atomic E-state index is 10.7. The topological polar surface area (TPSA) is 26.7 Å². The molecular formula is C16H26N2O. The van der Waals surface area contributed by atoms with E-state index in [2.05, 4.69) is 30.7 Å². The predicted molar refractivity (Wildman–Crippen MR) is 79.1 cm³/mol. The molecule has 1 N–H and O–H groups in total. The predicted octanol–water partition coefficient (Wildman–Crippen LogP) is 1.99. The number of hydrogen-bond donors (Lipinski definition) is 1. The second-order valence-corrected chi connectivity index (χ2v) is 5.93. The second kappa shape index (κ2) is 6.51. The van der Waals surface area contributed by atoms with Crippen LogP contribution < -0.4 is 0 Å². The zero-order valence-electron chi connectivity index (χ0n) is 12.3. The van der Waals surface area contributed by atoms with E-state index >= 15 is 0 Å². The summed E-state index contributed by atoms with van der Waals surface area (Å²) in [6.07, 6.45) is -0.399. The van der Waals surface area contributed by atoms with Crippen molar-refractivity contribution in [3.63, 3.8) is 0 Å². The van der Waals surface area contributed by atoms with E-state index in [4.69, 9.17) is 0 Å². The van der Waals surface area contributed by atoms with Gasteiger partial charge in [-0.25, -0.2) is 0 Å². The summed E-state index contributed by atoms with van der Waals surface area (Å²) in [5.41, 5.74) is 1.03. The Labute approximate surface area is 116 Å². The first kappa shape index (κ1) is 14.5. The van der Waals surface area contributed by atoms with Crippen LogP contribution in [0.1, 0.15) is 25.5 Å². The van der Waals surface area contributed by atoms with Gasteiger partial charge < -0.3 is 10.0 Å². The SMILES string of the molecule is CC(C)C(C(O)c1ccccc1)N1CCN(C)CC1. The van der Waals surface area contributed by atoms with Crippen LogP contribution >= 0.6 is 0 Å². The van der Waals surface area contributed by atoms with E-state index in [9.17, 15) is 5.11 Å². The van der Waals surface area contributed by atoms with Gasteiger partial charge in [0.1, 0.15) is 0 Å². The van der Waals surface area contributed by atoms with Gasteiger partial charge in [0.25, 0.3) is 0 Å². The Morgan fingerprint density at radius 3 is 2.11 bits per heavy atom. The molecule has 3 nitrogen and oxygen atoms in total. The minimum absolute atomic E-state index is 0.205. The lowest BCUT2D eigenvalue weighted by molar-refractivity contribution is 0.000355. The van der Waals surface area contributed by atoms with Gasteiger partial charge in [-0.15, -0.1) is 0 Å². The Hall–Kier alpha value is -0.900. The molecule has 1 fully saturated rings. The molecule has 0 saturated carbocycles. The van der Waals surface area contributed by atoms with E-state index in [1.807, 2.05) is 30.3 Å². The summed E-state index contributed by atoms with van der Waals surface area (Å²) in [5.74, 6) is 0.443. The van der Waals surface area contributed by atoms with Crippen LogP contribution in [-0.4, -0.2) is 54.2 Å². The van der Waals surface area contributed by atoms with E-state index in [1.54, 1.807) is 0 Å². The number of aliphatic hydroxyl groups excluding tert-OH is 1. The van der Waals surface area contributed by atoms with Crippen molar-refractivity contribution in [2.75, 3.05) is 33.2 Å². The van der Waals surface area contributed by atoms with Crippen LogP contribution in [0.15, 0.2) is 30.3 Å². The highest BCUT2D eigenvalue weighted by atomic mass is 16.3. The number of aliphatic hydroxyl groups is 1. The Kier molecular flexibility index (Phi) is 4.97. The Bertz CT molecular complexity index is 372. The lowest BCUT2D eigenvalue weighted by Gasteiger charge is -2.42. The minimum atomic E-state index is -0.399. The largest absolute Gasteiger partial charge is 0.387 e. The first-order valence-corrected chi connectivity index (χ1v) is 7.25. The number of likely N-dealkylation sites (N-methyl/N-ethyl adjacent to an activating group) is 1. The third kappa shape index (κ3) is 3.56. The second-order valence-electron chi connectivity index (χ2n) is 5.93. The molecule has 0 aromatic heterocycles. The quantitative estimate of drug-likeness (QED) is 0.899. The Morgan fingerprint density at radius 2 is 1.58 bits per heavy atom. The molecule has 0 bridgehead atoms. The molecule has 1 aliphatic rings. The normalized spacial score (nSPS) is 21.5. The number of rotatable bonds is 4. The monoisotopic (exact) mass is 262 g/mol. The van der Waals surface area contributed by atoms with Crippen LogP contribution in [0.3, 0.4) is 0 Å². The van der Waals surface area contributed by atoms with E-state index in [0.29, 0.717) is 5.92 Å². The molecule has 0 amide bonds. The molecule has 106 valence electrons. The average Bonchev–Trinajstić information content (AvgIpc) is 2.42. The molecule has 1 saturated heterocycles. The molecule has 1 heterocycles. The van der Waals surface area contributed by atoms with Crippen molar-refractivity contribution >= 4 is 0 Å². The fourth-order valence-corrected chi connectivity index (χ4v) is 2.95. The summed E-state index contributed by atoms with van der Waals surface area (Å²) in [5, 5.41) is 10.7. The summed E-state index contributed by atoms with van der Waals surface area (Å²) in [7, 11) is 2.16. The fraction of sp³-hybridized carbons (Fsp3) is 0.625. The van der Waals surface area contributed by atoms with Gasteiger partial charge in [0, 0.05) is 32.2 Å². The molecule has 19 heavy (non-hydrogen) atoms. The van der Waals surface area contributed by atoms with Crippen LogP contribution in [0.5, 0.6) is 0 Å². The van der Waals surface area contributed by atoms with Gasteiger partial charge in [0.2, 0.25) is 0 Å². The maximum atomic E-state index is 10.7. The fourth-order valence-electron chi connectivity index (χ4n) is 2.95. The number of hydrogen-bond acceptors (Lipinski definition) is 3. The maximum Gasteiger partial charge on any atom is 0.0947 e. The number of piperazine rings is 1. The van der Waals surface area contributed by atoms with Gasteiger partial charge in [-0.2, -0.15) is 0 Å². The third-order valence-corrected chi connectivity index (χ3v) is 4.11. The van der Waals surface area contributed by atoms with Gasteiger partial charge in [0.05, 0.1) is 6.10 Å². The highest BCUT2D eigenvalue weighted by Gasteiger charge is 2.31. The molecule has 2 atom stereocenters. The van der Waals surface area contributed by atoms with Gasteiger partial charge in [-0.05, 0) is 18.5 Å². The van der Waals surface area contributed by atoms with Gasteiger partial charge in [-0.3, -0.25) is 4.90 Å². The van der Waals surface area contributed by atoms with Crippen LogP contribution in [0.25, 0.3) is 0 Å². The van der Waals surface area contributed by atoms with Gasteiger partial charge in [0.15, 0.2) is 0 Å². The van der Waals surface area contributed by atoms with Crippen molar-refractivity contribution in [3.8, 4) is 0 Å². The van der Waals surface area contributed by atoms with Crippen molar-refractivity contribution in [3.05, 3.63) is 35.9 Å². The van der Waals surface area contributed by atoms with Crippen LogP contribution in [-0.2, 0) is 0 Å². The average molecular weight is 262 g/mol. The standard InChI is InChI=1S/C16H26N2O/c1-13(2)15(18-11-9-17(3)10-12-18)16(19)14-7-5-4-6-8-14/h4-8,13,15-16,19H,9-12H2,1-3H3. The Morgan fingerprint density at radius 1 is 1.00 bits per heavy atom. The summed E-state index contributed by atoms with van der Waals surface area (Å²) in [6, 6.07) is 10.2. The highest BCUT2D eigenvalue weighted by molar-refractivity contribution is 5.19. The Balaban J connectivity index is 2.11. The molecule has 2 unspecified atom stereocenters. The van der Waals surface area contributed by atoms with E-state index in [1.165, 1.54) is 0 Å². The lowest BCUT2D eigenvalue weighted by atomic mass is 9.91. The summed E-state index contributed by atoms with van der Waals surface area (Å²) >= 11 is 0. The molecule has 0 radical (unpaired) electrons. The first-order valence-electron chi connectivity index (χ1n) is 7.25. The zero-order valence-corrected chi connectivity index (χ0v) is 12.3. The van der Waals surface area contributed by atoms with Crippen LogP contribution in [0.2, 0.25) is 0 Å². The van der Waals surface area contributed by atoms with Gasteiger partial charge >= 0.3 is 0 Å². The molecule has 0 spiro atoms. The summed E-state index contributed by atoms with van der Waals surface area (Å²) in [6.45, 7) is 8.67. The smallest absolute Gasteiger partial charge is 0.0947 e. The molecule has 0 aliphatic carbocycles. The zero-order chi connectivity index (χ0) is 13.8.